The molecule has 0 saturated carbocycles. The number of carboxylic acids is 1. The summed E-state index contributed by atoms with van der Waals surface area (Å²) < 4.78 is 0.907. The zero-order chi connectivity index (χ0) is 13.2. The van der Waals surface area contributed by atoms with E-state index in [0.29, 0.717) is 0 Å². The molecule has 1 amide bonds. The highest BCUT2D eigenvalue weighted by molar-refractivity contribution is 5.90. The van der Waals surface area contributed by atoms with Crippen LogP contribution in [0.5, 0.6) is 0 Å². The van der Waals surface area contributed by atoms with Crippen LogP contribution in [0.2, 0.25) is 0 Å². The summed E-state index contributed by atoms with van der Waals surface area (Å²) in [6.45, 7) is 1.63. The SMILES string of the molecule is CCC(C(N)=O)n1cc([N+](=O)[O-])c(C(=O)O)n1. The molecule has 0 aromatic carbocycles. The summed E-state index contributed by atoms with van der Waals surface area (Å²) in [5, 5.41) is 22.8. The minimum absolute atomic E-state index is 0.257. The lowest BCUT2D eigenvalue weighted by atomic mass is 10.2. The van der Waals surface area contributed by atoms with Gasteiger partial charge in [0.05, 0.1) is 4.92 Å². The summed E-state index contributed by atoms with van der Waals surface area (Å²) in [5.41, 5.74) is 3.69. The Balaban J connectivity index is 3.29. The molecule has 9 nitrogen and oxygen atoms in total. The summed E-state index contributed by atoms with van der Waals surface area (Å²) in [4.78, 5) is 31.5. The zero-order valence-electron chi connectivity index (χ0n) is 8.86. The van der Waals surface area contributed by atoms with Gasteiger partial charge in [0.15, 0.2) is 0 Å². The molecule has 9 heteroatoms. The number of hydrogen-bond acceptors (Lipinski definition) is 5. The van der Waals surface area contributed by atoms with Gasteiger partial charge < -0.3 is 10.8 Å². The van der Waals surface area contributed by atoms with Crippen molar-refractivity contribution in [1.29, 1.82) is 0 Å². The number of amides is 1. The molecule has 0 aliphatic carbocycles. The lowest BCUT2D eigenvalue weighted by Crippen LogP contribution is -2.26. The Labute approximate surface area is 95.0 Å². The van der Waals surface area contributed by atoms with Crippen molar-refractivity contribution in [2.45, 2.75) is 19.4 Å². The molecule has 17 heavy (non-hydrogen) atoms. The number of primary amides is 1. The van der Waals surface area contributed by atoms with Crippen LogP contribution in [0.15, 0.2) is 6.20 Å². The monoisotopic (exact) mass is 242 g/mol. The molecule has 0 aliphatic heterocycles. The second kappa shape index (κ2) is 4.60. The Hall–Kier alpha value is -2.45. The van der Waals surface area contributed by atoms with Crippen LogP contribution in [-0.2, 0) is 4.79 Å². The van der Waals surface area contributed by atoms with Gasteiger partial charge in [-0.15, -0.1) is 0 Å². The fourth-order valence-electron chi connectivity index (χ4n) is 1.35. The normalized spacial score (nSPS) is 12.1. The first-order valence-electron chi connectivity index (χ1n) is 4.64. The van der Waals surface area contributed by atoms with Crippen LogP contribution in [0.4, 0.5) is 5.69 Å². The fourth-order valence-corrected chi connectivity index (χ4v) is 1.35. The first kappa shape index (κ1) is 12.6. The lowest BCUT2D eigenvalue weighted by molar-refractivity contribution is -0.385. The van der Waals surface area contributed by atoms with Gasteiger partial charge in [-0.2, -0.15) is 5.10 Å². The highest BCUT2D eigenvalue weighted by atomic mass is 16.6. The molecule has 0 radical (unpaired) electrons. The number of nitro groups is 1. The van der Waals surface area contributed by atoms with E-state index in [0.717, 1.165) is 10.9 Å². The Morgan fingerprint density at radius 3 is 2.59 bits per heavy atom. The van der Waals surface area contributed by atoms with E-state index in [1.807, 2.05) is 0 Å². The van der Waals surface area contributed by atoms with E-state index in [9.17, 15) is 19.7 Å². The van der Waals surface area contributed by atoms with Gasteiger partial charge in [-0.3, -0.25) is 19.6 Å². The minimum atomic E-state index is -1.53. The van der Waals surface area contributed by atoms with Crippen molar-refractivity contribution in [2.75, 3.05) is 0 Å². The molecule has 92 valence electrons. The molecule has 1 aromatic rings. The third-order valence-corrected chi connectivity index (χ3v) is 2.15. The number of rotatable bonds is 5. The van der Waals surface area contributed by atoms with Crippen molar-refractivity contribution < 1.29 is 19.6 Å². The Morgan fingerprint density at radius 1 is 1.71 bits per heavy atom. The second-order valence-electron chi connectivity index (χ2n) is 3.23. The largest absolute Gasteiger partial charge is 0.476 e. The van der Waals surface area contributed by atoms with Gasteiger partial charge in [0, 0.05) is 0 Å². The average molecular weight is 242 g/mol. The van der Waals surface area contributed by atoms with Gasteiger partial charge in [-0.1, -0.05) is 6.92 Å². The molecule has 1 heterocycles. The molecular weight excluding hydrogens is 232 g/mol. The van der Waals surface area contributed by atoms with Crippen molar-refractivity contribution in [3.8, 4) is 0 Å². The van der Waals surface area contributed by atoms with Crippen LogP contribution in [0.1, 0.15) is 29.9 Å². The second-order valence-corrected chi connectivity index (χ2v) is 3.23. The van der Waals surface area contributed by atoms with E-state index in [1.165, 1.54) is 0 Å². The van der Waals surface area contributed by atoms with E-state index in [2.05, 4.69) is 5.10 Å². The average Bonchev–Trinajstić information content (AvgIpc) is 2.63. The van der Waals surface area contributed by atoms with Crippen molar-refractivity contribution in [3.05, 3.63) is 22.0 Å². The molecule has 1 rings (SSSR count). The number of nitrogens with two attached hydrogens (primary N) is 1. The van der Waals surface area contributed by atoms with Gasteiger partial charge in [-0.05, 0) is 6.42 Å². The quantitative estimate of drug-likeness (QED) is 0.546. The highest BCUT2D eigenvalue weighted by Gasteiger charge is 2.28. The molecular formula is C8H10N4O5. The first-order valence-corrected chi connectivity index (χ1v) is 4.64. The summed E-state index contributed by atoms with van der Waals surface area (Å²) in [7, 11) is 0. The number of hydrogen-bond donors (Lipinski definition) is 2. The van der Waals surface area contributed by atoms with Crippen molar-refractivity contribution in [3.63, 3.8) is 0 Å². The third kappa shape index (κ3) is 2.38. The maximum atomic E-state index is 11.0. The first-order chi connectivity index (χ1) is 7.88. The molecule has 0 fully saturated rings. The number of nitrogens with zero attached hydrogens (tertiary/aromatic N) is 3. The molecule has 0 saturated heterocycles. The zero-order valence-corrected chi connectivity index (χ0v) is 8.86. The topological polar surface area (TPSA) is 141 Å². The van der Waals surface area contributed by atoms with Crippen LogP contribution in [0, 0.1) is 10.1 Å². The number of carboxylic acid groups (broad SMARTS) is 1. The van der Waals surface area contributed by atoms with Crippen molar-refractivity contribution in [1.82, 2.24) is 9.78 Å². The van der Waals surface area contributed by atoms with E-state index in [4.69, 9.17) is 10.8 Å². The number of aromatic carboxylic acids is 1. The predicted octanol–water partition coefficient (Wildman–Crippen LogP) is -0.0741. The lowest BCUT2D eigenvalue weighted by Gasteiger charge is -2.09. The Morgan fingerprint density at radius 2 is 2.29 bits per heavy atom. The molecule has 0 bridgehead atoms. The Bertz CT molecular complexity index is 449. The van der Waals surface area contributed by atoms with Gasteiger partial charge in [0.2, 0.25) is 11.6 Å². The van der Waals surface area contributed by atoms with Crippen molar-refractivity contribution in [2.24, 2.45) is 5.73 Å². The van der Waals surface area contributed by atoms with Gasteiger partial charge in [-0.25, -0.2) is 4.79 Å². The van der Waals surface area contributed by atoms with Crippen LogP contribution in [0.25, 0.3) is 0 Å². The Kier molecular flexibility index (Phi) is 3.41. The van der Waals surface area contributed by atoms with Crippen LogP contribution >= 0.6 is 0 Å². The maximum absolute atomic E-state index is 11.0. The molecule has 3 N–H and O–H groups in total. The standard InChI is InChI=1S/C8H10N4O5/c1-2-4(7(9)13)11-3-5(12(16)17)6(10-11)8(14)15/h3-4H,2H2,1H3,(H2,9,13)(H,14,15). The van der Waals surface area contributed by atoms with Gasteiger partial charge in [0.1, 0.15) is 12.2 Å². The predicted molar refractivity (Wildman–Crippen MR) is 54.4 cm³/mol. The molecule has 1 aromatic heterocycles. The minimum Gasteiger partial charge on any atom is -0.476 e. The number of aromatic nitrogens is 2. The third-order valence-electron chi connectivity index (χ3n) is 2.15. The molecule has 0 aliphatic rings. The van der Waals surface area contributed by atoms with E-state index in [1.54, 1.807) is 6.92 Å². The van der Waals surface area contributed by atoms with E-state index in [-0.39, 0.29) is 6.42 Å². The van der Waals surface area contributed by atoms with E-state index >= 15 is 0 Å². The maximum Gasteiger partial charge on any atom is 0.363 e. The van der Waals surface area contributed by atoms with Crippen molar-refractivity contribution >= 4 is 17.6 Å². The van der Waals surface area contributed by atoms with Crippen LogP contribution in [-0.4, -0.2) is 31.7 Å². The van der Waals surface area contributed by atoms with Crippen LogP contribution < -0.4 is 5.73 Å². The van der Waals surface area contributed by atoms with Gasteiger partial charge in [0.25, 0.3) is 0 Å². The summed E-state index contributed by atoms with van der Waals surface area (Å²) in [6.07, 6.45) is 1.15. The molecule has 0 spiro atoms. The smallest absolute Gasteiger partial charge is 0.363 e. The number of carbonyl (C=O) groups excluding carboxylic acids is 1. The molecule has 1 atom stereocenters. The van der Waals surface area contributed by atoms with E-state index < -0.39 is 34.2 Å². The summed E-state index contributed by atoms with van der Waals surface area (Å²) in [5.74, 6) is -2.27. The summed E-state index contributed by atoms with van der Waals surface area (Å²) >= 11 is 0. The summed E-state index contributed by atoms with van der Waals surface area (Å²) in [6, 6.07) is -0.901. The molecule has 1 unspecified atom stereocenters. The number of carbonyl (C=O) groups is 2. The fraction of sp³-hybridized carbons (Fsp3) is 0.375. The highest BCUT2D eigenvalue weighted by Crippen LogP contribution is 2.20. The van der Waals surface area contributed by atoms with Crippen LogP contribution in [0.3, 0.4) is 0 Å². The van der Waals surface area contributed by atoms with Gasteiger partial charge >= 0.3 is 11.7 Å².